The van der Waals surface area contributed by atoms with E-state index in [2.05, 4.69) is 0 Å². The van der Waals surface area contributed by atoms with Gasteiger partial charge in [0.25, 0.3) is 0 Å². The van der Waals surface area contributed by atoms with Gasteiger partial charge in [-0.1, -0.05) is 12.1 Å². The summed E-state index contributed by atoms with van der Waals surface area (Å²) in [6.07, 6.45) is 1.94. The number of piperidine rings is 1. The highest BCUT2D eigenvalue weighted by atomic mass is 19.1. The number of halogens is 1. The van der Waals surface area contributed by atoms with E-state index < -0.39 is 6.09 Å². The quantitative estimate of drug-likeness (QED) is 0.859. The molecule has 0 spiro atoms. The van der Waals surface area contributed by atoms with Gasteiger partial charge in [0, 0.05) is 13.1 Å². The number of rotatable bonds is 2. The first-order chi connectivity index (χ1) is 8.15. The Hall–Kier alpha value is -1.58. The standard InChI is InChI=1S/C13H16FNO2/c14-12-5-3-10(4-6-12)8-11-2-1-7-15(9-11)13(16)17/h3-6,11H,1-2,7-9H2,(H,16,17). The van der Waals surface area contributed by atoms with Crippen LogP contribution in [0.4, 0.5) is 9.18 Å². The normalized spacial score (nSPS) is 20.3. The number of carbonyl (C=O) groups is 1. The minimum Gasteiger partial charge on any atom is -0.465 e. The van der Waals surface area contributed by atoms with Crippen molar-refractivity contribution in [3.8, 4) is 0 Å². The van der Waals surface area contributed by atoms with Crippen molar-refractivity contribution in [2.45, 2.75) is 19.3 Å². The minimum atomic E-state index is -0.839. The molecule has 1 saturated heterocycles. The maximum atomic E-state index is 12.7. The topological polar surface area (TPSA) is 40.5 Å². The van der Waals surface area contributed by atoms with Gasteiger partial charge in [-0.25, -0.2) is 9.18 Å². The number of hydrogen-bond acceptors (Lipinski definition) is 1. The monoisotopic (exact) mass is 237 g/mol. The average Bonchev–Trinajstić information content (AvgIpc) is 2.32. The molecule has 1 N–H and O–H groups in total. The van der Waals surface area contributed by atoms with Crippen LogP contribution in [0, 0.1) is 11.7 Å². The van der Waals surface area contributed by atoms with Crippen LogP contribution in [0.1, 0.15) is 18.4 Å². The second-order valence-corrected chi connectivity index (χ2v) is 4.57. The maximum absolute atomic E-state index is 12.7. The van der Waals surface area contributed by atoms with Crippen molar-refractivity contribution in [1.29, 1.82) is 0 Å². The Balaban J connectivity index is 1.94. The first kappa shape index (κ1) is 11.9. The number of nitrogens with zero attached hydrogens (tertiary/aromatic N) is 1. The maximum Gasteiger partial charge on any atom is 0.407 e. The molecule has 1 aromatic carbocycles. The van der Waals surface area contributed by atoms with E-state index in [9.17, 15) is 9.18 Å². The Labute approximate surface area is 99.9 Å². The molecule has 3 nitrogen and oxygen atoms in total. The van der Waals surface area contributed by atoms with Crippen LogP contribution >= 0.6 is 0 Å². The molecule has 1 heterocycles. The molecule has 2 rings (SSSR count). The Kier molecular flexibility index (Phi) is 3.61. The lowest BCUT2D eigenvalue weighted by molar-refractivity contribution is 0.120. The second-order valence-electron chi connectivity index (χ2n) is 4.57. The molecule has 0 aliphatic carbocycles. The first-order valence-electron chi connectivity index (χ1n) is 5.87. The summed E-state index contributed by atoms with van der Waals surface area (Å²) >= 11 is 0. The molecule has 1 amide bonds. The van der Waals surface area contributed by atoms with Crippen molar-refractivity contribution in [2.24, 2.45) is 5.92 Å². The lowest BCUT2D eigenvalue weighted by atomic mass is 9.91. The van der Waals surface area contributed by atoms with E-state index in [4.69, 9.17) is 5.11 Å². The Morgan fingerprint density at radius 3 is 2.76 bits per heavy atom. The van der Waals surface area contributed by atoms with E-state index in [0.29, 0.717) is 19.0 Å². The third kappa shape index (κ3) is 3.19. The molecule has 4 heteroatoms. The van der Waals surface area contributed by atoms with E-state index in [0.717, 1.165) is 24.8 Å². The molecule has 1 aliphatic rings. The van der Waals surface area contributed by atoms with Gasteiger partial charge < -0.3 is 10.0 Å². The van der Waals surface area contributed by atoms with Gasteiger partial charge in [0.15, 0.2) is 0 Å². The van der Waals surface area contributed by atoms with Gasteiger partial charge in [0.2, 0.25) is 0 Å². The van der Waals surface area contributed by atoms with Gasteiger partial charge in [-0.15, -0.1) is 0 Å². The molecule has 1 aromatic rings. The third-order valence-corrected chi connectivity index (χ3v) is 3.23. The Bertz CT molecular complexity index is 391. The largest absolute Gasteiger partial charge is 0.465 e. The summed E-state index contributed by atoms with van der Waals surface area (Å²) in [6.45, 7) is 1.22. The average molecular weight is 237 g/mol. The van der Waals surface area contributed by atoms with Crippen LogP contribution in [0.15, 0.2) is 24.3 Å². The van der Waals surface area contributed by atoms with E-state index in [1.165, 1.54) is 17.0 Å². The number of likely N-dealkylation sites (tertiary alicyclic amines) is 1. The van der Waals surface area contributed by atoms with Crippen LogP contribution in [-0.2, 0) is 6.42 Å². The summed E-state index contributed by atoms with van der Waals surface area (Å²) in [6, 6.07) is 6.45. The smallest absolute Gasteiger partial charge is 0.407 e. The fraction of sp³-hybridized carbons (Fsp3) is 0.462. The molecule has 1 aliphatic heterocycles. The Morgan fingerprint density at radius 1 is 1.41 bits per heavy atom. The predicted molar refractivity (Wildman–Crippen MR) is 62.4 cm³/mol. The highest BCUT2D eigenvalue weighted by Gasteiger charge is 2.23. The number of carboxylic acid groups (broad SMARTS) is 1. The zero-order chi connectivity index (χ0) is 12.3. The van der Waals surface area contributed by atoms with Crippen LogP contribution in [-0.4, -0.2) is 29.2 Å². The van der Waals surface area contributed by atoms with Gasteiger partial charge in [-0.2, -0.15) is 0 Å². The summed E-state index contributed by atoms with van der Waals surface area (Å²) in [4.78, 5) is 12.3. The van der Waals surface area contributed by atoms with Gasteiger partial charge in [0.05, 0.1) is 0 Å². The van der Waals surface area contributed by atoms with E-state index in [1.807, 2.05) is 0 Å². The van der Waals surface area contributed by atoms with E-state index >= 15 is 0 Å². The van der Waals surface area contributed by atoms with Gasteiger partial charge in [-0.05, 0) is 42.9 Å². The van der Waals surface area contributed by atoms with E-state index in [1.54, 1.807) is 12.1 Å². The molecule has 0 radical (unpaired) electrons. The van der Waals surface area contributed by atoms with Crippen LogP contribution in [0.5, 0.6) is 0 Å². The van der Waals surface area contributed by atoms with Crippen molar-refractivity contribution in [1.82, 2.24) is 4.90 Å². The van der Waals surface area contributed by atoms with Crippen LogP contribution in [0.3, 0.4) is 0 Å². The summed E-state index contributed by atoms with van der Waals surface area (Å²) in [7, 11) is 0. The fourth-order valence-electron chi connectivity index (χ4n) is 2.36. The summed E-state index contributed by atoms with van der Waals surface area (Å²) in [5, 5.41) is 8.93. The molecule has 17 heavy (non-hydrogen) atoms. The van der Waals surface area contributed by atoms with Crippen molar-refractivity contribution in [3.63, 3.8) is 0 Å². The van der Waals surface area contributed by atoms with Gasteiger partial charge in [-0.3, -0.25) is 0 Å². The lowest BCUT2D eigenvalue weighted by Crippen LogP contribution is -2.39. The van der Waals surface area contributed by atoms with Crippen LogP contribution in [0.25, 0.3) is 0 Å². The van der Waals surface area contributed by atoms with Crippen molar-refractivity contribution in [3.05, 3.63) is 35.6 Å². The molecule has 1 fully saturated rings. The molecule has 1 unspecified atom stereocenters. The van der Waals surface area contributed by atoms with Crippen LogP contribution < -0.4 is 0 Å². The molecular formula is C13H16FNO2. The summed E-state index contributed by atoms with van der Waals surface area (Å²) in [5.74, 6) is 0.120. The highest BCUT2D eigenvalue weighted by molar-refractivity contribution is 5.65. The first-order valence-corrected chi connectivity index (χ1v) is 5.87. The molecule has 1 atom stereocenters. The summed E-state index contributed by atoms with van der Waals surface area (Å²) in [5.41, 5.74) is 1.07. The van der Waals surface area contributed by atoms with Crippen molar-refractivity contribution in [2.75, 3.05) is 13.1 Å². The number of amides is 1. The van der Waals surface area contributed by atoms with Crippen molar-refractivity contribution < 1.29 is 14.3 Å². The van der Waals surface area contributed by atoms with E-state index in [-0.39, 0.29) is 5.82 Å². The summed E-state index contributed by atoms with van der Waals surface area (Å²) < 4.78 is 12.7. The number of benzene rings is 1. The second kappa shape index (κ2) is 5.17. The molecule has 92 valence electrons. The minimum absolute atomic E-state index is 0.232. The molecule has 0 saturated carbocycles. The molecular weight excluding hydrogens is 221 g/mol. The number of hydrogen-bond donors (Lipinski definition) is 1. The Morgan fingerprint density at radius 2 is 2.12 bits per heavy atom. The highest BCUT2D eigenvalue weighted by Crippen LogP contribution is 2.21. The molecule has 0 aromatic heterocycles. The zero-order valence-corrected chi connectivity index (χ0v) is 9.60. The predicted octanol–water partition coefficient (Wildman–Crippen LogP) is 2.76. The van der Waals surface area contributed by atoms with Crippen LogP contribution in [0.2, 0.25) is 0 Å². The fourth-order valence-corrected chi connectivity index (χ4v) is 2.36. The SMILES string of the molecule is O=C(O)N1CCCC(Cc2ccc(F)cc2)C1. The van der Waals surface area contributed by atoms with Crippen molar-refractivity contribution >= 4 is 6.09 Å². The third-order valence-electron chi connectivity index (χ3n) is 3.23. The zero-order valence-electron chi connectivity index (χ0n) is 9.60. The molecule has 0 bridgehead atoms. The van der Waals surface area contributed by atoms with Gasteiger partial charge in [0.1, 0.15) is 5.82 Å². The lowest BCUT2D eigenvalue weighted by Gasteiger charge is -2.30. The van der Waals surface area contributed by atoms with Gasteiger partial charge >= 0.3 is 6.09 Å².